The zero-order valence-corrected chi connectivity index (χ0v) is 9.36. The number of hydrogen-bond acceptors (Lipinski definition) is 3. The van der Waals surface area contributed by atoms with E-state index in [0.29, 0.717) is 6.54 Å². The van der Waals surface area contributed by atoms with Crippen LogP contribution in [0.25, 0.3) is 11.0 Å². The van der Waals surface area contributed by atoms with Crippen LogP contribution in [0.4, 0.5) is 0 Å². The molecule has 5 heteroatoms. The van der Waals surface area contributed by atoms with E-state index in [9.17, 15) is 4.79 Å². The molecule has 1 fully saturated rings. The summed E-state index contributed by atoms with van der Waals surface area (Å²) in [5, 5.41) is 2.86. The first kappa shape index (κ1) is 10.3. The first-order valence-electron chi connectivity index (χ1n) is 5.67. The Hall–Kier alpha value is -1.88. The van der Waals surface area contributed by atoms with Crippen molar-refractivity contribution in [2.24, 2.45) is 5.73 Å². The lowest BCUT2D eigenvalue weighted by Crippen LogP contribution is -2.42. The van der Waals surface area contributed by atoms with Gasteiger partial charge in [-0.05, 0) is 30.5 Å². The molecule has 2 aromatic rings. The van der Waals surface area contributed by atoms with Crippen LogP contribution in [0, 0.1) is 0 Å². The summed E-state index contributed by atoms with van der Waals surface area (Å²) in [6.07, 6.45) is 3.24. The molecule has 1 aromatic carbocycles. The van der Waals surface area contributed by atoms with Crippen LogP contribution in [0.15, 0.2) is 24.5 Å². The summed E-state index contributed by atoms with van der Waals surface area (Å²) in [6, 6.07) is 5.88. The molecule has 0 atom stereocenters. The lowest BCUT2D eigenvalue weighted by atomic mass is 10.2. The highest BCUT2D eigenvalue weighted by molar-refractivity contribution is 5.89. The first-order valence-corrected chi connectivity index (χ1v) is 5.67. The topological polar surface area (TPSA) is 83.8 Å². The largest absolute Gasteiger partial charge is 0.350 e. The van der Waals surface area contributed by atoms with Crippen molar-refractivity contribution in [2.45, 2.75) is 24.9 Å². The van der Waals surface area contributed by atoms with Crippen LogP contribution in [0.3, 0.4) is 0 Å². The second-order valence-corrected chi connectivity index (χ2v) is 4.59. The molecular weight excluding hydrogens is 216 g/mol. The minimum absolute atomic E-state index is 0.0535. The van der Waals surface area contributed by atoms with Gasteiger partial charge in [0.1, 0.15) is 0 Å². The Balaban J connectivity index is 1.70. The molecule has 0 bridgehead atoms. The normalized spacial score (nSPS) is 17.0. The maximum absolute atomic E-state index is 11.7. The fraction of sp³-hybridized carbons (Fsp3) is 0.333. The molecule has 0 spiro atoms. The van der Waals surface area contributed by atoms with Gasteiger partial charge in [0.15, 0.2) is 0 Å². The van der Waals surface area contributed by atoms with Gasteiger partial charge in [-0.3, -0.25) is 4.79 Å². The van der Waals surface area contributed by atoms with Crippen LogP contribution < -0.4 is 11.1 Å². The minimum atomic E-state index is -0.599. The van der Waals surface area contributed by atoms with Crippen molar-refractivity contribution < 1.29 is 4.79 Å². The molecule has 88 valence electrons. The fourth-order valence-corrected chi connectivity index (χ4v) is 1.81. The number of benzene rings is 1. The maximum Gasteiger partial charge on any atom is 0.240 e. The van der Waals surface area contributed by atoms with E-state index in [1.807, 2.05) is 18.2 Å². The minimum Gasteiger partial charge on any atom is -0.350 e. The van der Waals surface area contributed by atoms with E-state index in [-0.39, 0.29) is 5.91 Å². The number of nitrogens with zero attached hydrogens (tertiary/aromatic N) is 1. The number of amides is 1. The van der Waals surface area contributed by atoms with E-state index in [1.165, 1.54) is 0 Å². The molecule has 5 nitrogen and oxygen atoms in total. The van der Waals surface area contributed by atoms with Crippen molar-refractivity contribution >= 4 is 16.9 Å². The Kier molecular flexibility index (Phi) is 2.16. The Labute approximate surface area is 98.4 Å². The van der Waals surface area contributed by atoms with Gasteiger partial charge in [-0.1, -0.05) is 6.07 Å². The molecule has 17 heavy (non-hydrogen) atoms. The molecule has 0 unspecified atom stereocenters. The van der Waals surface area contributed by atoms with Gasteiger partial charge >= 0.3 is 0 Å². The van der Waals surface area contributed by atoms with E-state index in [2.05, 4.69) is 15.3 Å². The number of nitrogens with two attached hydrogens (primary N) is 1. The third-order valence-electron chi connectivity index (χ3n) is 3.18. The van der Waals surface area contributed by atoms with E-state index in [0.717, 1.165) is 29.4 Å². The van der Waals surface area contributed by atoms with E-state index >= 15 is 0 Å². The summed E-state index contributed by atoms with van der Waals surface area (Å²) in [5.74, 6) is -0.0535. The lowest BCUT2D eigenvalue weighted by Gasteiger charge is -2.09. The predicted molar refractivity (Wildman–Crippen MR) is 64.1 cm³/mol. The fourth-order valence-electron chi connectivity index (χ4n) is 1.81. The van der Waals surface area contributed by atoms with Gasteiger partial charge in [0, 0.05) is 6.54 Å². The molecular formula is C12H14N4O. The van der Waals surface area contributed by atoms with Gasteiger partial charge in [0.2, 0.25) is 5.91 Å². The van der Waals surface area contributed by atoms with Crippen molar-refractivity contribution in [3.05, 3.63) is 30.1 Å². The maximum atomic E-state index is 11.7. The van der Waals surface area contributed by atoms with Gasteiger partial charge in [-0.15, -0.1) is 0 Å². The predicted octanol–water partition coefficient (Wildman–Crippen LogP) is 0.670. The van der Waals surface area contributed by atoms with E-state index < -0.39 is 5.54 Å². The first-order chi connectivity index (χ1) is 8.17. The van der Waals surface area contributed by atoms with Crippen molar-refractivity contribution in [3.8, 4) is 0 Å². The van der Waals surface area contributed by atoms with Crippen LogP contribution in [0.2, 0.25) is 0 Å². The highest BCUT2D eigenvalue weighted by atomic mass is 16.2. The Morgan fingerprint density at radius 2 is 2.35 bits per heavy atom. The molecule has 1 amide bonds. The molecule has 1 heterocycles. The number of aromatic amines is 1. The van der Waals surface area contributed by atoms with Crippen molar-refractivity contribution in [3.63, 3.8) is 0 Å². The number of carbonyl (C=O) groups is 1. The third kappa shape index (κ3) is 1.89. The van der Waals surface area contributed by atoms with Gasteiger partial charge in [0.05, 0.1) is 22.9 Å². The summed E-state index contributed by atoms with van der Waals surface area (Å²) in [4.78, 5) is 18.8. The molecule has 1 aromatic heterocycles. The monoisotopic (exact) mass is 230 g/mol. The third-order valence-corrected chi connectivity index (χ3v) is 3.18. The zero-order valence-electron chi connectivity index (χ0n) is 9.36. The number of aromatic nitrogens is 2. The zero-order chi connectivity index (χ0) is 11.9. The standard InChI is InChI=1S/C12H14N4O/c13-12(3-4-12)11(17)14-6-8-1-2-9-10(5-8)16-7-15-9/h1-2,5,7H,3-4,6,13H2,(H,14,17)(H,15,16). The Morgan fingerprint density at radius 3 is 3.12 bits per heavy atom. The Bertz CT molecular complexity index is 571. The van der Waals surface area contributed by atoms with Crippen molar-refractivity contribution in [1.29, 1.82) is 0 Å². The summed E-state index contributed by atoms with van der Waals surface area (Å²) >= 11 is 0. The van der Waals surface area contributed by atoms with Crippen LogP contribution in [0.1, 0.15) is 18.4 Å². The average Bonchev–Trinajstić information content (AvgIpc) is 2.93. The second-order valence-electron chi connectivity index (χ2n) is 4.59. The van der Waals surface area contributed by atoms with Crippen LogP contribution in [-0.2, 0) is 11.3 Å². The van der Waals surface area contributed by atoms with Gasteiger partial charge in [0.25, 0.3) is 0 Å². The van der Waals surface area contributed by atoms with Crippen LogP contribution in [0.5, 0.6) is 0 Å². The highest BCUT2D eigenvalue weighted by Gasteiger charge is 2.45. The molecule has 0 radical (unpaired) electrons. The van der Waals surface area contributed by atoms with Gasteiger partial charge in [-0.25, -0.2) is 4.98 Å². The van der Waals surface area contributed by atoms with Crippen molar-refractivity contribution in [2.75, 3.05) is 0 Å². The molecule has 1 saturated carbocycles. The summed E-state index contributed by atoms with van der Waals surface area (Å²) < 4.78 is 0. The van der Waals surface area contributed by atoms with E-state index in [1.54, 1.807) is 6.33 Å². The van der Waals surface area contributed by atoms with Crippen LogP contribution in [-0.4, -0.2) is 21.4 Å². The average molecular weight is 230 g/mol. The summed E-state index contributed by atoms with van der Waals surface area (Å²) in [5.41, 5.74) is 8.15. The quantitative estimate of drug-likeness (QED) is 0.724. The molecule has 1 aliphatic carbocycles. The molecule has 4 N–H and O–H groups in total. The van der Waals surface area contributed by atoms with E-state index in [4.69, 9.17) is 5.73 Å². The SMILES string of the molecule is NC1(C(=O)NCc2ccc3nc[nH]c3c2)CC1. The van der Waals surface area contributed by atoms with Gasteiger partial charge < -0.3 is 16.0 Å². The smallest absolute Gasteiger partial charge is 0.240 e. The number of hydrogen-bond donors (Lipinski definition) is 3. The van der Waals surface area contributed by atoms with Gasteiger partial charge in [-0.2, -0.15) is 0 Å². The van der Waals surface area contributed by atoms with Crippen molar-refractivity contribution in [1.82, 2.24) is 15.3 Å². The second kappa shape index (κ2) is 3.56. The molecule has 3 rings (SSSR count). The lowest BCUT2D eigenvalue weighted by molar-refractivity contribution is -0.123. The molecule has 1 aliphatic rings. The number of rotatable bonds is 3. The number of imidazole rings is 1. The Morgan fingerprint density at radius 1 is 1.53 bits per heavy atom. The number of carbonyl (C=O) groups excluding carboxylic acids is 1. The summed E-state index contributed by atoms with van der Waals surface area (Å²) in [7, 11) is 0. The highest BCUT2D eigenvalue weighted by Crippen LogP contribution is 2.32. The molecule has 0 saturated heterocycles. The summed E-state index contributed by atoms with van der Waals surface area (Å²) in [6.45, 7) is 0.507. The number of H-pyrrole nitrogens is 1. The number of nitrogens with one attached hydrogen (secondary N) is 2. The number of fused-ring (bicyclic) bond motifs is 1. The van der Waals surface area contributed by atoms with Crippen LogP contribution >= 0.6 is 0 Å². The molecule has 0 aliphatic heterocycles.